The maximum absolute atomic E-state index is 5.40. The first-order valence-electron chi connectivity index (χ1n) is 10.1. The lowest BCUT2D eigenvalue weighted by Gasteiger charge is -2.27. The van der Waals surface area contributed by atoms with Crippen molar-refractivity contribution in [1.82, 2.24) is 24.7 Å². The molecular formula is C20H25N7O. The minimum absolute atomic E-state index is 0.448. The Labute approximate surface area is 163 Å². The first-order valence-corrected chi connectivity index (χ1v) is 10.1. The van der Waals surface area contributed by atoms with E-state index in [1.807, 2.05) is 30.7 Å². The van der Waals surface area contributed by atoms with Gasteiger partial charge in [-0.25, -0.2) is 14.6 Å². The van der Waals surface area contributed by atoms with Gasteiger partial charge in [0.1, 0.15) is 5.82 Å². The maximum Gasteiger partial charge on any atom is 0.229 e. The fourth-order valence-electron chi connectivity index (χ4n) is 4.06. The van der Waals surface area contributed by atoms with Crippen molar-refractivity contribution in [3.8, 4) is 0 Å². The molecule has 2 aliphatic rings. The summed E-state index contributed by atoms with van der Waals surface area (Å²) < 4.78 is 7.48. The maximum atomic E-state index is 5.40. The van der Waals surface area contributed by atoms with E-state index in [0.29, 0.717) is 12.0 Å². The largest absolute Gasteiger partial charge is 0.378 e. The standard InChI is InChI=1S/C20H25N7O/c1-2-4-17(5-3-1)27-19-15(13-23-27)12-22-20(25-19)24-16-6-7-18(21-14-16)26-8-10-28-11-9-26/h6-7,12-14,17H,1-5,8-11H2,(H,22,24,25). The van der Waals surface area contributed by atoms with E-state index in [-0.39, 0.29) is 0 Å². The summed E-state index contributed by atoms with van der Waals surface area (Å²) in [6.45, 7) is 3.27. The van der Waals surface area contributed by atoms with Crippen molar-refractivity contribution in [2.75, 3.05) is 36.5 Å². The first kappa shape index (κ1) is 17.4. The second-order valence-corrected chi connectivity index (χ2v) is 7.48. The Morgan fingerprint density at radius 3 is 2.61 bits per heavy atom. The van der Waals surface area contributed by atoms with E-state index in [2.05, 4.69) is 30.0 Å². The summed E-state index contributed by atoms with van der Waals surface area (Å²) in [5.74, 6) is 1.55. The first-order chi connectivity index (χ1) is 13.9. The Bertz CT molecular complexity index is 927. The number of hydrogen-bond donors (Lipinski definition) is 1. The van der Waals surface area contributed by atoms with Crippen molar-refractivity contribution in [3.63, 3.8) is 0 Å². The number of rotatable bonds is 4. The van der Waals surface area contributed by atoms with Gasteiger partial charge in [0, 0.05) is 19.3 Å². The van der Waals surface area contributed by atoms with Gasteiger partial charge in [-0.15, -0.1) is 0 Å². The molecule has 4 heterocycles. The topological polar surface area (TPSA) is 81.0 Å². The molecule has 8 nitrogen and oxygen atoms in total. The van der Waals surface area contributed by atoms with Gasteiger partial charge in [-0.3, -0.25) is 0 Å². The van der Waals surface area contributed by atoms with Gasteiger partial charge in [-0.1, -0.05) is 19.3 Å². The summed E-state index contributed by atoms with van der Waals surface area (Å²) in [4.78, 5) is 16.0. The quantitative estimate of drug-likeness (QED) is 0.745. The minimum Gasteiger partial charge on any atom is -0.378 e. The van der Waals surface area contributed by atoms with Crippen molar-refractivity contribution in [1.29, 1.82) is 0 Å². The number of nitrogens with one attached hydrogen (secondary N) is 1. The molecule has 1 aliphatic heterocycles. The van der Waals surface area contributed by atoms with Crippen LogP contribution in [-0.4, -0.2) is 51.0 Å². The SMILES string of the molecule is c1cc(N2CCOCC2)ncc1Nc1ncc2cnn(C3CCCCC3)c2n1. The van der Waals surface area contributed by atoms with E-state index >= 15 is 0 Å². The van der Waals surface area contributed by atoms with Crippen LogP contribution in [0.1, 0.15) is 38.1 Å². The van der Waals surface area contributed by atoms with Gasteiger partial charge in [0.05, 0.1) is 42.7 Å². The van der Waals surface area contributed by atoms with Crippen molar-refractivity contribution in [2.24, 2.45) is 0 Å². The lowest BCUT2D eigenvalue weighted by molar-refractivity contribution is 0.122. The smallest absolute Gasteiger partial charge is 0.229 e. The van der Waals surface area contributed by atoms with E-state index < -0.39 is 0 Å². The van der Waals surface area contributed by atoms with Gasteiger partial charge in [0.2, 0.25) is 5.95 Å². The summed E-state index contributed by atoms with van der Waals surface area (Å²) in [7, 11) is 0. The molecule has 0 amide bonds. The predicted molar refractivity (Wildman–Crippen MR) is 108 cm³/mol. The number of aromatic nitrogens is 5. The fraction of sp³-hybridized carbons (Fsp3) is 0.500. The molecule has 0 bridgehead atoms. The molecule has 3 aromatic rings. The number of ether oxygens (including phenoxy) is 1. The van der Waals surface area contributed by atoms with Gasteiger partial charge in [-0.2, -0.15) is 10.1 Å². The Morgan fingerprint density at radius 1 is 0.964 bits per heavy atom. The van der Waals surface area contributed by atoms with Crippen LogP contribution >= 0.6 is 0 Å². The van der Waals surface area contributed by atoms with Crippen LogP contribution in [0.3, 0.4) is 0 Å². The highest BCUT2D eigenvalue weighted by Crippen LogP contribution is 2.30. The molecule has 28 heavy (non-hydrogen) atoms. The zero-order valence-electron chi connectivity index (χ0n) is 15.9. The summed E-state index contributed by atoms with van der Waals surface area (Å²) in [5, 5.41) is 8.85. The highest BCUT2D eigenvalue weighted by molar-refractivity contribution is 5.75. The average molecular weight is 379 g/mol. The third-order valence-corrected chi connectivity index (χ3v) is 5.59. The van der Waals surface area contributed by atoms with Crippen LogP contribution in [0.15, 0.2) is 30.7 Å². The lowest BCUT2D eigenvalue weighted by Crippen LogP contribution is -2.36. The van der Waals surface area contributed by atoms with Gasteiger partial charge in [0.15, 0.2) is 5.65 Å². The van der Waals surface area contributed by atoms with Gasteiger partial charge in [0.25, 0.3) is 0 Å². The van der Waals surface area contributed by atoms with E-state index in [9.17, 15) is 0 Å². The summed E-state index contributed by atoms with van der Waals surface area (Å²) in [6.07, 6.45) is 11.8. The molecule has 1 saturated carbocycles. The Hall–Kier alpha value is -2.74. The van der Waals surface area contributed by atoms with Crippen molar-refractivity contribution < 1.29 is 4.74 Å². The normalized spacial score (nSPS) is 18.5. The Morgan fingerprint density at radius 2 is 1.82 bits per heavy atom. The lowest BCUT2D eigenvalue weighted by atomic mass is 9.96. The summed E-state index contributed by atoms with van der Waals surface area (Å²) >= 11 is 0. The zero-order chi connectivity index (χ0) is 18.8. The molecule has 146 valence electrons. The van der Waals surface area contributed by atoms with Crippen molar-refractivity contribution in [2.45, 2.75) is 38.1 Å². The monoisotopic (exact) mass is 379 g/mol. The number of morpholine rings is 1. The van der Waals surface area contributed by atoms with Gasteiger partial charge < -0.3 is 15.0 Å². The molecule has 0 radical (unpaired) electrons. The molecule has 0 aromatic carbocycles. The highest BCUT2D eigenvalue weighted by atomic mass is 16.5. The molecule has 5 rings (SSSR count). The van der Waals surface area contributed by atoms with Crippen molar-refractivity contribution in [3.05, 3.63) is 30.7 Å². The highest BCUT2D eigenvalue weighted by Gasteiger charge is 2.19. The van der Waals surface area contributed by atoms with Crippen LogP contribution in [0.4, 0.5) is 17.5 Å². The molecule has 0 unspecified atom stereocenters. The second kappa shape index (κ2) is 7.71. The molecule has 2 fully saturated rings. The van der Waals surface area contributed by atoms with Crippen LogP contribution in [-0.2, 0) is 4.74 Å². The van der Waals surface area contributed by atoms with Crippen LogP contribution in [0.25, 0.3) is 11.0 Å². The summed E-state index contributed by atoms with van der Waals surface area (Å²) in [5.41, 5.74) is 1.78. The molecule has 1 saturated heterocycles. The van der Waals surface area contributed by atoms with Crippen LogP contribution in [0.5, 0.6) is 0 Å². The molecule has 0 atom stereocenters. The molecular weight excluding hydrogens is 354 g/mol. The van der Waals surface area contributed by atoms with E-state index in [1.165, 1.54) is 32.1 Å². The number of hydrogen-bond acceptors (Lipinski definition) is 7. The zero-order valence-corrected chi connectivity index (χ0v) is 15.9. The summed E-state index contributed by atoms with van der Waals surface area (Å²) in [6, 6.07) is 4.49. The molecule has 8 heteroatoms. The van der Waals surface area contributed by atoms with Gasteiger partial charge in [-0.05, 0) is 25.0 Å². The third kappa shape index (κ3) is 3.52. The Kier molecular flexibility index (Phi) is 4.78. The van der Waals surface area contributed by atoms with Crippen LogP contribution < -0.4 is 10.2 Å². The number of fused-ring (bicyclic) bond motifs is 1. The number of pyridine rings is 1. The van der Waals surface area contributed by atoms with Crippen LogP contribution in [0.2, 0.25) is 0 Å². The Balaban J connectivity index is 1.34. The fourth-order valence-corrected chi connectivity index (χ4v) is 4.06. The number of anilines is 3. The second-order valence-electron chi connectivity index (χ2n) is 7.48. The van der Waals surface area contributed by atoms with E-state index in [0.717, 1.165) is 48.8 Å². The van der Waals surface area contributed by atoms with E-state index in [1.54, 1.807) is 0 Å². The third-order valence-electron chi connectivity index (χ3n) is 5.59. The predicted octanol–water partition coefficient (Wildman–Crippen LogP) is 3.31. The van der Waals surface area contributed by atoms with Crippen LogP contribution in [0, 0.1) is 0 Å². The molecule has 1 aliphatic carbocycles. The molecule has 0 spiro atoms. The molecule has 3 aromatic heterocycles. The van der Waals surface area contributed by atoms with Gasteiger partial charge >= 0.3 is 0 Å². The van der Waals surface area contributed by atoms with E-state index in [4.69, 9.17) is 9.72 Å². The minimum atomic E-state index is 0.448. The van der Waals surface area contributed by atoms with Crippen molar-refractivity contribution >= 4 is 28.5 Å². The average Bonchev–Trinajstić information content (AvgIpc) is 3.19. The number of nitrogens with zero attached hydrogens (tertiary/aromatic N) is 6. The molecule has 1 N–H and O–H groups in total.